The van der Waals surface area contributed by atoms with E-state index in [-0.39, 0.29) is 5.91 Å². The second-order valence-electron chi connectivity index (χ2n) is 4.62. The van der Waals surface area contributed by atoms with E-state index in [0.29, 0.717) is 22.7 Å². The average Bonchev–Trinajstić information content (AvgIpc) is 3.01. The maximum atomic E-state index is 12.3. The van der Waals surface area contributed by atoms with Crippen molar-refractivity contribution in [1.29, 1.82) is 0 Å². The highest BCUT2D eigenvalue weighted by molar-refractivity contribution is 9.10. The summed E-state index contributed by atoms with van der Waals surface area (Å²) in [5.74, 6) is 0.214. The van der Waals surface area contributed by atoms with Crippen molar-refractivity contribution < 1.29 is 4.79 Å². The molecule has 6 nitrogen and oxygen atoms in total. The highest BCUT2D eigenvalue weighted by Gasteiger charge is 2.17. The summed E-state index contributed by atoms with van der Waals surface area (Å²) in [7, 11) is 1.87. The van der Waals surface area contributed by atoms with Crippen molar-refractivity contribution in [2.45, 2.75) is 13.5 Å². The molecule has 1 N–H and O–H groups in total. The number of carbonyl (C=O) groups excluding carboxylic acids is 1. The van der Waals surface area contributed by atoms with E-state index in [1.165, 1.54) is 0 Å². The van der Waals surface area contributed by atoms with Crippen LogP contribution >= 0.6 is 15.9 Å². The second-order valence-corrected chi connectivity index (χ2v) is 5.47. The molecule has 0 atom stereocenters. The number of fused-ring (bicyclic) bond motifs is 1. The number of benzene rings is 1. The van der Waals surface area contributed by atoms with E-state index in [4.69, 9.17) is 0 Å². The Balaban J connectivity index is 1.92. The van der Waals surface area contributed by atoms with Crippen molar-refractivity contribution in [2.24, 2.45) is 7.05 Å². The van der Waals surface area contributed by atoms with Crippen LogP contribution in [0.15, 0.2) is 34.9 Å². The van der Waals surface area contributed by atoms with E-state index in [1.807, 2.05) is 42.8 Å². The van der Waals surface area contributed by atoms with Gasteiger partial charge in [-0.05, 0) is 35.0 Å². The number of hydrogen-bond acceptors (Lipinski definition) is 3. The van der Waals surface area contributed by atoms with Crippen molar-refractivity contribution in [1.82, 2.24) is 19.3 Å². The smallest absolute Gasteiger partial charge is 0.279 e. The number of imidazole rings is 1. The van der Waals surface area contributed by atoms with Crippen molar-refractivity contribution in [3.05, 3.63) is 40.6 Å². The number of nitrogens with zero attached hydrogens (tertiary/aromatic N) is 4. The SMILES string of the molecule is CCn1cc(Br)c(C(=O)Nc2nc3ccccc3n2C)n1. The zero-order valence-corrected chi connectivity index (χ0v) is 13.3. The number of para-hydroxylation sites is 2. The van der Waals surface area contributed by atoms with Crippen LogP contribution in [-0.4, -0.2) is 25.2 Å². The van der Waals surface area contributed by atoms with E-state index in [0.717, 1.165) is 11.0 Å². The molecule has 2 heterocycles. The molecule has 3 rings (SSSR count). The Hall–Kier alpha value is -2.15. The van der Waals surface area contributed by atoms with E-state index in [2.05, 4.69) is 31.3 Å². The fourth-order valence-corrected chi connectivity index (χ4v) is 2.63. The zero-order valence-electron chi connectivity index (χ0n) is 11.7. The summed E-state index contributed by atoms with van der Waals surface area (Å²) in [5.41, 5.74) is 2.16. The summed E-state index contributed by atoms with van der Waals surface area (Å²) >= 11 is 3.35. The van der Waals surface area contributed by atoms with Crippen LogP contribution in [0.4, 0.5) is 5.95 Å². The van der Waals surface area contributed by atoms with E-state index in [1.54, 1.807) is 10.9 Å². The molecule has 1 aromatic carbocycles. The molecule has 1 amide bonds. The maximum absolute atomic E-state index is 12.3. The minimum absolute atomic E-state index is 0.285. The molecule has 0 aliphatic rings. The highest BCUT2D eigenvalue weighted by Crippen LogP contribution is 2.20. The molecule has 3 aromatic rings. The highest BCUT2D eigenvalue weighted by atomic mass is 79.9. The van der Waals surface area contributed by atoms with Gasteiger partial charge in [-0.15, -0.1) is 0 Å². The Bertz CT molecular complexity index is 820. The van der Waals surface area contributed by atoms with Crippen LogP contribution in [0.3, 0.4) is 0 Å². The molecule has 0 aliphatic carbocycles. The van der Waals surface area contributed by atoms with Gasteiger partial charge in [0.25, 0.3) is 5.91 Å². The molecule has 0 unspecified atom stereocenters. The van der Waals surface area contributed by atoms with Gasteiger partial charge in [0.1, 0.15) is 0 Å². The number of carbonyl (C=O) groups is 1. The topological polar surface area (TPSA) is 64.7 Å². The summed E-state index contributed by atoms with van der Waals surface area (Å²) in [4.78, 5) is 16.7. The van der Waals surface area contributed by atoms with Crippen LogP contribution in [0.5, 0.6) is 0 Å². The quantitative estimate of drug-likeness (QED) is 0.792. The van der Waals surface area contributed by atoms with Crippen molar-refractivity contribution in [2.75, 3.05) is 5.32 Å². The lowest BCUT2D eigenvalue weighted by Crippen LogP contribution is -2.16. The summed E-state index contributed by atoms with van der Waals surface area (Å²) < 4.78 is 4.21. The third kappa shape index (κ3) is 2.44. The minimum atomic E-state index is -0.285. The van der Waals surface area contributed by atoms with Gasteiger partial charge in [0.15, 0.2) is 5.69 Å². The largest absolute Gasteiger partial charge is 0.313 e. The van der Waals surface area contributed by atoms with Gasteiger partial charge in [0.05, 0.1) is 15.5 Å². The molecule has 108 valence electrons. The Kier molecular flexibility index (Phi) is 3.50. The summed E-state index contributed by atoms with van der Waals surface area (Å²) in [6, 6.07) is 7.72. The summed E-state index contributed by atoms with van der Waals surface area (Å²) in [5, 5.41) is 7.03. The van der Waals surface area contributed by atoms with Crippen molar-refractivity contribution in [3.63, 3.8) is 0 Å². The molecule has 21 heavy (non-hydrogen) atoms. The van der Waals surface area contributed by atoms with Crippen molar-refractivity contribution in [3.8, 4) is 0 Å². The molecular weight excluding hydrogens is 334 g/mol. The predicted molar refractivity (Wildman–Crippen MR) is 84.3 cm³/mol. The lowest BCUT2D eigenvalue weighted by molar-refractivity contribution is 0.101. The summed E-state index contributed by atoms with van der Waals surface area (Å²) in [6.07, 6.45) is 1.78. The molecule has 0 radical (unpaired) electrons. The molecule has 0 aliphatic heterocycles. The first-order valence-electron chi connectivity index (χ1n) is 6.56. The number of hydrogen-bond donors (Lipinski definition) is 1. The van der Waals surface area contributed by atoms with E-state index >= 15 is 0 Å². The number of nitrogens with one attached hydrogen (secondary N) is 1. The lowest BCUT2D eigenvalue weighted by Gasteiger charge is -2.03. The molecule has 0 saturated carbocycles. The third-order valence-electron chi connectivity index (χ3n) is 3.27. The minimum Gasteiger partial charge on any atom is -0.313 e. The Morgan fingerprint density at radius 3 is 2.81 bits per heavy atom. The number of rotatable bonds is 3. The normalized spacial score (nSPS) is 11.0. The van der Waals surface area contributed by atoms with Gasteiger partial charge in [0.2, 0.25) is 5.95 Å². The first-order chi connectivity index (χ1) is 10.1. The number of halogens is 1. The molecule has 7 heteroatoms. The van der Waals surface area contributed by atoms with Crippen LogP contribution in [-0.2, 0) is 13.6 Å². The molecule has 0 saturated heterocycles. The Labute approximate surface area is 129 Å². The molecule has 0 spiro atoms. The average molecular weight is 348 g/mol. The van der Waals surface area contributed by atoms with Crippen LogP contribution in [0.2, 0.25) is 0 Å². The third-order valence-corrected chi connectivity index (χ3v) is 3.85. The predicted octanol–water partition coefficient (Wildman–Crippen LogP) is 2.80. The van der Waals surface area contributed by atoms with Gasteiger partial charge in [-0.2, -0.15) is 5.10 Å². The molecular formula is C14H14BrN5O. The Morgan fingerprint density at radius 1 is 1.38 bits per heavy atom. The molecule has 0 bridgehead atoms. The van der Waals surface area contributed by atoms with Crippen LogP contribution < -0.4 is 5.32 Å². The molecule has 2 aromatic heterocycles. The van der Waals surface area contributed by atoms with Gasteiger partial charge >= 0.3 is 0 Å². The number of amides is 1. The lowest BCUT2D eigenvalue weighted by atomic mass is 10.3. The maximum Gasteiger partial charge on any atom is 0.279 e. The van der Waals surface area contributed by atoms with E-state index in [9.17, 15) is 4.79 Å². The first-order valence-corrected chi connectivity index (χ1v) is 7.35. The van der Waals surface area contributed by atoms with Gasteiger partial charge in [0, 0.05) is 19.8 Å². The van der Waals surface area contributed by atoms with Crippen LogP contribution in [0, 0.1) is 0 Å². The van der Waals surface area contributed by atoms with Gasteiger partial charge in [-0.3, -0.25) is 14.8 Å². The second kappa shape index (κ2) is 5.33. The monoisotopic (exact) mass is 347 g/mol. The Morgan fingerprint density at radius 2 is 2.14 bits per heavy atom. The van der Waals surface area contributed by atoms with Gasteiger partial charge in [-0.1, -0.05) is 12.1 Å². The first kappa shape index (κ1) is 13.8. The van der Waals surface area contributed by atoms with Gasteiger partial charge < -0.3 is 4.57 Å². The number of aryl methyl sites for hydroxylation is 2. The molecule has 0 fully saturated rings. The van der Waals surface area contributed by atoms with Crippen LogP contribution in [0.1, 0.15) is 17.4 Å². The number of anilines is 1. The standard InChI is InChI=1S/C14H14BrN5O/c1-3-20-8-9(15)12(18-20)13(21)17-14-16-10-6-4-5-7-11(10)19(14)2/h4-8H,3H2,1-2H3,(H,16,17,21). The summed E-state index contributed by atoms with van der Waals surface area (Å²) in [6.45, 7) is 2.67. The van der Waals surface area contributed by atoms with Crippen molar-refractivity contribution >= 4 is 38.8 Å². The fourth-order valence-electron chi connectivity index (χ4n) is 2.13. The zero-order chi connectivity index (χ0) is 15.0. The fraction of sp³-hybridized carbons (Fsp3) is 0.214. The van der Waals surface area contributed by atoms with Gasteiger partial charge in [-0.25, -0.2) is 4.98 Å². The van der Waals surface area contributed by atoms with Crippen LogP contribution in [0.25, 0.3) is 11.0 Å². The van der Waals surface area contributed by atoms with E-state index < -0.39 is 0 Å². The number of aromatic nitrogens is 4.